The molecule has 5 nitrogen and oxygen atoms in total. The fourth-order valence-electron chi connectivity index (χ4n) is 3.48. The molecular weight excluding hydrogens is 230 g/mol. The second kappa shape index (κ2) is 4.55. The number of nitrogens with zero attached hydrogens (tertiary/aromatic N) is 2. The second-order valence-electron chi connectivity index (χ2n) is 5.37. The molecule has 2 bridgehead atoms. The van der Waals surface area contributed by atoms with E-state index >= 15 is 0 Å². The fourth-order valence-corrected chi connectivity index (χ4v) is 3.48. The van der Waals surface area contributed by atoms with Gasteiger partial charge in [-0.25, -0.2) is 14.8 Å². The van der Waals surface area contributed by atoms with E-state index < -0.39 is 5.97 Å². The lowest BCUT2D eigenvalue weighted by Crippen LogP contribution is -2.22. The lowest BCUT2D eigenvalue weighted by Gasteiger charge is -2.22. The van der Waals surface area contributed by atoms with Crippen molar-refractivity contribution >= 4 is 11.8 Å². The molecule has 3 rings (SSSR count). The Balaban J connectivity index is 1.65. The van der Waals surface area contributed by atoms with Crippen LogP contribution >= 0.6 is 0 Å². The molecule has 0 radical (unpaired) electrons. The first-order valence-electron chi connectivity index (χ1n) is 6.52. The number of rotatable bonds is 4. The topological polar surface area (TPSA) is 75.1 Å². The van der Waals surface area contributed by atoms with E-state index in [9.17, 15) is 4.79 Å². The summed E-state index contributed by atoms with van der Waals surface area (Å²) < 4.78 is 0. The average molecular weight is 247 g/mol. The zero-order chi connectivity index (χ0) is 12.5. The van der Waals surface area contributed by atoms with Gasteiger partial charge in [0.2, 0.25) is 0 Å². The first kappa shape index (κ1) is 11.4. The van der Waals surface area contributed by atoms with Crippen molar-refractivity contribution in [1.29, 1.82) is 0 Å². The molecule has 0 amide bonds. The van der Waals surface area contributed by atoms with Crippen LogP contribution in [0.15, 0.2) is 12.4 Å². The van der Waals surface area contributed by atoms with Crippen LogP contribution in [0.25, 0.3) is 0 Å². The first-order chi connectivity index (χ1) is 8.74. The summed E-state index contributed by atoms with van der Waals surface area (Å²) in [7, 11) is 0. The molecular formula is C13H17N3O2. The zero-order valence-corrected chi connectivity index (χ0v) is 10.2. The number of aromatic carboxylic acids is 1. The van der Waals surface area contributed by atoms with Gasteiger partial charge in [-0.3, -0.25) is 0 Å². The minimum atomic E-state index is -1.03. The number of nitrogens with one attached hydrogen (secondary N) is 1. The molecule has 1 heterocycles. The Morgan fingerprint density at radius 3 is 2.83 bits per heavy atom. The summed E-state index contributed by atoms with van der Waals surface area (Å²) in [6, 6.07) is 0. The van der Waals surface area contributed by atoms with E-state index in [2.05, 4.69) is 15.3 Å². The van der Waals surface area contributed by atoms with Gasteiger partial charge in [0.25, 0.3) is 0 Å². The minimum absolute atomic E-state index is 0.0145. The summed E-state index contributed by atoms with van der Waals surface area (Å²) in [4.78, 5) is 18.9. The van der Waals surface area contributed by atoms with Crippen molar-refractivity contribution < 1.29 is 9.90 Å². The summed E-state index contributed by atoms with van der Waals surface area (Å²) in [5, 5.41) is 12.2. The van der Waals surface area contributed by atoms with Crippen LogP contribution in [0.2, 0.25) is 0 Å². The Kier molecular flexibility index (Phi) is 2.89. The molecule has 3 unspecified atom stereocenters. The van der Waals surface area contributed by atoms with Gasteiger partial charge in [0.05, 0.1) is 0 Å². The number of carboxylic acids is 1. The third kappa shape index (κ3) is 2.05. The van der Waals surface area contributed by atoms with Crippen LogP contribution in [-0.2, 0) is 0 Å². The lowest BCUT2D eigenvalue weighted by molar-refractivity contribution is 0.0691. The van der Waals surface area contributed by atoms with Gasteiger partial charge in [-0.1, -0.05) is 6.42 Å². The quantitative estimate of drug-likeness (QED) is 0.851. The van der Waals surface area contributed by atoms with Gasteiger partial charge in [0, 0.05) is 18.9 Å². The number of carbonyl (C=O) groups is 1. The van der Waals surface area contributed by atoms with Crippen LogP contribution in [0.3, 0.4) is 0 Å². The van der Waals surface area contributed by atoms with Crippen LogP contribution in [0.1, 0.15) is 36.2 Å². The molecule has 2 aliphatic rings. The predicted molar refractivity (Wildman–Crippen MR) is 66.4 cm³/mol. The third-order valence-electron chi connectivity index (χ3n) is 4.32. The van der Waals surface area contributed by atoms with Crippen molar-refractivity contribution in [3.63, 3.8) is 0 Å². The summed E-state index contributed by atoms with van der Waals surface area (Å²) in [6.45, 7) is 0.820. The normalized spacial score (nSPS) is 29.4. The van der Waals surface area contributed by atoms with Crippen LogP contribution in [0.5, 0.6) is 0 Å². The van der Waals surface area contributed by atoms with E-state index in [4.69, 9.17) is 5.11 Å². The van der Waals surface area contributed by atoms with Crippen LogP contribution in [-0.4, -0.2) is 27.6 Å². The van der Waals surface area contributed by atoms with Gasteiger partial charge < -0.3 is 10.4 Å². The Morgan fingerprint density at radius 1 is 1.33 bits per heavy atom. The van der Waals surface area contributed by atoms with Crippen molar-refractivity contribution in [3.05, 3.63) is 18.1 Å². The summed E-state index contributed by atoms with van der Waals surface area (Å²) in [6.07, 6.45) is 8.29. The van der Waals surface area contributed by atoms with Crippen LogP contribution in [0.4, 0.5) is 5.82 Å². The molecule has 2 N–H and O–H groups in total. The molecule has 1 aromatic rings. The van der Waals surface area contributed by atoms with Crippen molar-refractivity contribution in [2.75, 3.05) is 11.9 Å². The second-order valence-corrected chi connectivity index (χ2v) is 5.37. The maximum Gasteiger partial charge on any atom is 0.358 e. The minimum Gasteiger partial charge on any atom is -0.476 e. The van der Waals surface area contributed by atoms with Gasteiger partial charge >= 0.3 is 5.97 Å². The number of hydrogen-bond donors (Lipinski definition) is 2. The van der Waals surface area contributed by atoms with Crippen molar-refractivity contribution in [1.82, 2.24) is 9.97 Å². The Hall–Kier alpha value is -1.65. The van der Waals surface area contributed by atoms with Crippen molar-refractivity contribution in [3.8, 4) is 0 Å². The number of anilines is 1. The molecule has 1 aromatic heterocycles. The molecule has 2 fully saturated rings. The van der Waals surface area contributed by atoms with Gasteiger partial charge in [0.1, 0.15) is 0 Å². The Labute approximate surface area is 106 Å². The van der Waals surface area contributed by atoms with Gasteiger partial charge in [0.15, 0.2) is 11.5 Å². The largest absolute Gasteiger partial charge is 0.476 e. The van der Waals surface area contributed by atoms with Crippen LogP contribution in [0, 0.1) is 17.8 Å². The third-order valence-corrected chi connectivity index (χ3v) is 4.32. The van der Waals surface area contributed by atoms with Crippen molar-refractivity contribution in [2.24, 2.45) is 17.8 Å². The number of carboxylic acid groups (broad SMARTS) is 1. The lowest BCUT2D eigenvalue weighted by atomic mass is 9.89. The highest BCUT2D eigenvalue weighted by molar-refractivity contribution is 5.90. The molecule has 5 heteroatoms. The predicted octanol–water partition coefficient (Wildman–Crippen LogP) is 2.02. The van der Waals surface area contributed by atoms with E-state index in [0.717, 1.165) is 18.4 Å². The summed E-state index contributed by atoms with van der Waals surface area (Å²) in [5.74, 6) is 1.77. The molecule has 18 heavy (non-hydrogen) atoms. The zero-order valence-electron chi connectivity index (χ0n) is 10.2. The number of hydrogen-bond acceptors (Lipinski definition) is 4. The standard InChI is InChI=1S/C13H17N3O2/c17-13(18)11-12(15-4-3-14-11)16-7-10-6-8-1-2-9(10)5-8/h3-4,8-10H,1-2,5-7H2,(H,15,16)(H,17,18). The van der Waals surface area contributed by atoms with E-state index in [1.807, 2.05) is 0 Å². The van der Waals surface area contributed by atoms with Crippen LogP contribution < -0.4 is 5.32 Å². The number of aromatic nitrogens is 2. The first-order valence-corrected chi connectivity index (χ1v) is 6.52. The average Bonchev–Trinajstić information content (AvgIpc) is 2.98. The van der Waals surface area contributed by atoms with E-state index in [-0.39, 0.29) is 5.69 Å². The molecule has 2 aliphatic carbocycles. The highest BCUT2D eigenvalue weighted by atomic mass is 16.4. The Bertz CT molecular complexity index is 463. The SMILES string of the molecule is O=C(O)c1nccnc1NCC1CC2CCC1C2. The van der Waals surface area contributed by atoms with E-state index in [0.29, 0.717) is 11.7 Å². The summed E-state index contributed by atoms with van der Waals surface area (Å²) >= 11 is 0. The maximum atomic E-state index is 11.0. The highest BCUT2D eigenvalue weighted by Crippen LogP contribution is 2.48. The fraction of sp³-hybridized carbons (Fsp3) is 0.615. The monoisotopic (exact) mass is 247 g/mol. The highest BCUT2D eigenvalue weighted by Gasteiger charge is 2.39. The molecule has 0 aliphatic heterocycles. The number of fused-ring (bicyclic) bond motifs is 2. The molecule has 0 aromatic carbocycles. The maximum absolute atomic E-state index is 11.0. The molecule has 2 saturated carbocycles. The van der Waals surface area contributed by atoms with Gasteiger partial charge in [-0.15, -0.1) is 0 Å². The summed E-state index contributed by atoms with van der Waals surface area (Å²) in [5.41, 5.74) is 0.0145. The van der Waals surface area contributed by atoms with Gasteiger partial charge in [-0.2, -0.15) is 0 Å². The smallest absolute Gasteiger partial charge is 0.358 e. The Morgan fingerprint density at radius 2 is 2.17 bits per heavy atom. The van der Waals surface area contributed by atoms with E-state index in [1.54, 1.807) is 0 Å². The van der Waals surface area contributed by atoms with Crippen molar-refractivity contribution in [2.45, 2.75) is 25.7 Å². The van der Waals surface area contributed by atoms with E-state index in [1.165, 1.54) is 38.1 Å². The van der Waals surface area contributed by atoms with Gasteiger partial charge in [-0.05, 0) is 37.0 Å². The molecule has 0 saturated heterocycles. The molecule has 96 valence electrons. The molecule has 3 atom stereocenters. The molecule has 0 spiro atoms.